The molecule has 2 N–H and O–H groups in total. The summed E-state index contributed by atoms with van der Waals surface area (Å²) in [6.45, 7) is 10.2. The molecule has 1 fully saturated rings. The van der Waals surface area contributed by atoms with E-state index in [9.17, 15) is 0 Å². The Kier molecular flexibility index (Phi) is 2.62. The molecule has 1 heteroatoms. The molecule has 1 aliphatic carbocycles. The molecule has 1 nitrogen and oxygen atoms in total. The maximum atomic E-state index is 5.87. The normalized spacial score (nSPS) is 27.8. The number of nitrogens with two attached hydrogens (primary N) is 1. The molecule has 1 aromatic rings. The molecule has 1 saturated carbocycles. The minimum absolute atomic E-state index is 0.231. The average molecular weight is 217 g/mol. The molecule has 0 radical (unpaired) electrons. The van der Waals surface area contributed by atoms with Gasteiger partial charge in [0.2, 0.25) is 0 Å². The summed E-state index contributed by atoms with van der Waals surface area (Å²) in [7, 11) is 0. The third-order valence-corrected chi connectivity index (χ3v) is 4.60. The quantitative estimate of drug-likeness (QED) is 0.826. The van der Waals surface area contributed by atoms with Crippen LogP contribution in [0.3, 0.4) is 0 Å². The van der Waals surface area contributed by atoms with Gasteiger partial charge in [0, 0.05) is 0 Å². The summed E-state index contributed by atoms with van der Waals surface area (Å²) in [4.78, 5) is 0. The highest BCUT2D eigenvalue weighted by Crippen LogP contribution is 2.65. The van der Waals surface area contributed by atoms with Gasteiger partial charge in [-0.2, -0.15) is 0 Å². The van der Waals surface area contributed by atoms with Crippen LogP contribution in [0.5, 0.6) is 0 Å². The lowest BCUT2D eigenvalue weighted by Crippen LogP contribution is -2.23. The second-order valence-electron chi connectivity index (χ2n) is 6.23. The Morgan fingerprint density at radius 2 is 1.75 bits per heavy atom. The zero-order valence-electron chi connectivity index (χ0n) is 10.8. The van der Waals surface area contributed by atoms with Gasteiger partial charge in [-0.3, -0.25) is 0 Å². The van der Waals surface area contributed by atoms with Crippen molar-refractivity contribution in [2.75, 3.05) is 6.54 Å². The van der Waals surface area contributed by atoms with Crippen molar-refractivity contribution >= 4 is 0 Å². The molecule has 1 aliphatic rings. The van der Waals surface area contributed by atoms with Crippen LogP contribution in [0.25, 0.3) is 0 Å². The van der Waals surface area contributed by atoms with Crippen molar-refractivity contribution in [3.8, 4) is 0 Å². The van der Waals surface area contributed by atoms with Crippen molar-refractivity contribution < 1.29 is 0 Å². The molecule has 0 unspecified atom stereocenters. The Balaban J connectivity index is 2.28. The largest absolute Gasteiger partial charge is 0.330 e. The van der Waals surface area contributed by atoms with Gasteiger partial charge in [-0.25, -0.2) is 0 Å². The molecule has 88 valence electrons. The lowest BCUT2D eigenvalue weighted by Gasteiger charge is -2.27. The molecule has 0 saturated heterocycles. The van der Waals surface area contributed by atoms with Crippen molar-refractivity contribution in [2.24, 2.45) is 23.0 Å². The summed E-state index contributed by atoms with van der Waals surface area (Å²) in [5.74, 6) is 1.37. The molecule has 2 atom stereocenters. The van der Waals surface area contributed by atoms with Gasteiger partial charge in [0.25, 0.3) is 0 Å². The number of rotatable bonds is 3. The molecule has 1 aromatic carbocycles. The fourth-order valence-corrected chi connectivity index (χ4v) is 3.66. The van der Waals surface area contributed by atoms with Crippen molar-refractivity contribution in [3.05, 3.63) is 35.9 Å². The van der Waals surface area contributed by atoms with E-state index in [-0.39, 0.29) is 5.41 Å². The smallest absolute Gasteiger partial charge is 0.00405 e. The summed E-state index contributed by atoms with van der Waals surface area (Å²) < 4.78 is 0. The summed E-state index contributed by atoms with van der Waals surface area (Å²) in [5.41, 5.74) is 7.94. The Bertz CT molecular complexity index is 364. The predicted molar refractivity (Wildman–Crippen MR) is 69.3 cm³/mol. The van der Waals surface area contributed by atoms with Gasteiger partial charge in [0.05, 0.1) is 0 Å². The molecule has 0 amide bonds. The first-order valence-corrected chi connectivity index (χ1v) is 6.18. The molecule has 0 heterocycles. The molecule has 16 heavy (non-hydrogen) atoms. The monoisotopic (exact) mass is 217 g/mol. The molecule has 0 aliphatic heterocycles. The predicted octanol–water partition coefficient (Wildman–Crippen LogP) is 3.20. The molecule has 0 aromatic heterocycles. The maximum absolute atomic E-state index is 5.87. The van der Waals surface area contributed by atoms with Crippen LogP contribution < -0.4 is 5.73 Å². The fourth-order valence-electron chi connectivity index (χ4n) is 3.66. The molecular formula is C15H23N. The second kappa shape index (κ2) is 3.59. The third kappa shape index (κ3) is 1.58. The van der Waals surface area contributed by atoms with Gasteiger partial charge in [-0.15, -0.1) is 0 Å². The van der Waals surface area contributed by atoms with Crippen molar-refractivity contribution in [2.45, 2.75) is 33.1 Å². The molecule has 0 bridgehead atoms. The molecular weight excluding hydrogens is 194 g/mol. The van der Waals surface area contributed by atoms with E-state index in [1.165, 1.54) is 5.56 Å². The van der Waals surface area contributed by atoms with Crippen molar-refractivity contribution in [3.63, 3.8) is 0 Å². The fraction of sp³-hybridized carbons (Fsp3) is 0.600. The topological polar surface area (TPSA) is 26.0 Å². The van der Waals surface area contributed by atoms with Crippen molar-refractivity contribution in [1.82, 2.24) is 0 Å². The van der Waals surface area contributed by atoms with E-state index in [4.69, 9.17) is 5.73 Å². The first-order chi connectivity index (χ1) is 7.42. The highest BCUT2D eigenvalue weighted by Gasteiger charge is 2.62. The van der Waals surface area contributed by atoms with Crippen LogP contribution in [0.2, 0.25) is 0 Å². The zero-order valence-corrected chi connectivity index (χ0v) is 10.8. The van der Waals surface area contributed by atoms with E-state index in [0.717, 1.165) is 6.54 Å². The Morgan fingerprint density at radius 3 is 2.19 bits per heavy atom. The minimum atomic E-state index is 0.231. The zero-order chi connectivity index (χ0) is 12.0. The molecule has 0 spiro atoms. The minimum Gasteiger partial charge on any atom is -0.330 e. The van der Waals surface area contributed by atoms with Crippen LogP contribution in [0.15, 0.2) is 30.3 Å². The average Bonchev–Trinajstić information content (AvgIpc) is 2.82. The van der Waals surface area contributed by atoms with E-state index < -0.39 is 0 Å². The van der Waals surface area contributed by atoms with Crippen LogP contribution in [0.4, 0.5) is 0 Å². The van der Waals surface area contributed by atoms with Gasteiger partial charge >= 0.3 is 0 Å². The van der Waals surface area contributed by atoms with Gasteiger partial charge in [-0.1, -0.05) is 58.0 Å². The van der Waals surface area contributed by atoms with Crippen LogP contribution in [0, 0.1) is 17.3 Å². The van der Waals surface area contributed by atoms with Crippen LogP contribution >= 0.6 is 0 Å². The Hall–Kier alpha value is -0.820. The van der Waals surface area contributed by atoms with E-state index >= 15 is 0 Å². The number of hydrogen-bond acceptors (Lipinski definition) is 1. The highest BCUT2D eigenvalue weighted by molar-refractivity contribution is 5.30. The van der Waals surface area contributed by atoms with Crippen LogP contribution in [-0.2, 0) is 5.41 Å². The van der Waals surface area contributed by atoms with Crippen LogP contribution in [0.1, 0.15) is 33.3 Å². The Labute approximate surface area is 99.0 Å². The standard InChI is InChI=1S/C15H23N/c1-14(2,11-8-6-5-7-9-11)13-12(10-16)15(13,3)4/h5-9,12-13H,10,16H2,1-4H3/t12-,13+/m1/s1. The van der Waals surface area contributed by atoms with E-state index in [1.54, 1.807) is 0 Å². The van der Waals surface area contributed by atoms with Crippen LogP contribution in [-0.4, -0.2) is 6.54 Å². The lowest BCUT2D eigenvalue weighted by atomic mass is 9.77. The van der Waals surface area contributed by atoms with E-state index in [0.29, 0.717) is 17.3 Å². The highest BCUT2D eigenvalue weighted by atomic mass is 14.7. The maximum Gasteiger partial charge on any atom is -0.00405 e. The number of hydrogen-bond donors (Lipinski definition) is 1. The van der Waals surface area contributed by atoms with Gasteiger partial charge in [0.1, 0.15) is 0 Å². The van der Waals surface area contributed by atoms with E-state index in [1.807, 2.05) is 0 Å². The third-order valence-electron chi connectivity index (χ3n) is 4.60. The van der Waals surface area contributed by atoms with Gasteiger partial charge in [0.15, 0.2) is 0 Å². The van der Waals surface area contributed by atoms with Gasteiger partial charge < -0.3 is 5.73 Å². The lowest BCUT2D eigenvalue weighted by molar-refractivity contribution is 0.380. The van der Waals surface area contributed by atoms with E-state index in [2.05, 4.69) is 58.0 Å². The Morgan fingerprint density at radius 1 is 1.19 bits per heavy atom. The first kappa shape index (κ1) is 11.7. The summed E-state index contributed by atoms with van der Waals surface area (Å²) in [6, 6.07) is 10.8. The molecule has 2 rings (SSSR count). The van der Waals surface area contributed by atoms with Gasteiger partial charge in [-0.05, 0) is 34.8 Å². The summed E-state index contributed by atoms with van der Waals surface area (Å²) in [6.07, 6.45) is 0. The SMILES string of the molecule is CC(C)(c1ccccc1)[C@@H]1[C@@H](CN)C1(C)C. The summed E-state index contributed by atoms with van der Waals surface area (Å²) in [5, 5.41) is 0. The first-order valence-electron chi connectivity index (χ1n) is 6.18. The summed E-state index contributed by atoms with van der Waals surface area (Å²) >= 11 is 0. The number of benzene rings is 1. The van der Waals surface area contributed by atoms with Crippen molar-refractivity contribution in [1.29, 1.82) is 0 Å². The second-order valence-corrected chi connectivity index (χ2v) is 6.23.